The summed E-state index contributed by atoms with van der Waals surface area (Å²) in [6.07, 6.45) is -4.43. The SMILES string of the molecule is CCNS(=O)(=O)c1ccc2c(c1)c1nnn(C)c1n2-c1ccc(C(F)(F)F)cc1. The van der Waals surface area contributed by atoms with E-state index in [0.29, 0.717) is 27.8 Å². The minimum Gasteiger partial charge on any atom is -0.293 e. The molecule has 1 N–H and O–H groups in total. The van der Waals surface area contributed by atoms with E-state index in [-0.39, 0.29) is 11.4 Å². The van der Waals surface area contributed by atoms with Gasteiger partial charge in [0.15, 0.2) is 5.65 Å². The Morgan fingerprint density at radius 1 is 1.10 bits per heavy atom. The van der Waals surface area contributed by atoms with E-state index in [0.717, 1.165) is 12.1 Å². The van der Waals surface area contributed by atoms with E-state index >= 15 is 0 Å². The van der Waals surface area contributed by atoms with Crippen molar-refractivity contribution in [2.75, 3.05) is 6.54 Å². The number of aromatic nitrogens is 4. The summed E-state index contributed by atoms with van der Waals surface area (Å²) in [4.78, 5) is 0.0731. The molecule has 4 aromatic rings. The number of fused-ring (bicyclic) bond motifs is 3. The zero-order chi connectivity index (χ0) is 21.0. The molecule has 0 radical (unpaired) electrons. The van der Waals surface area contributed by atoms with Crippen LogP contribution in [0.2, 0.25) is 0 Å². The number of hydrogen-bond donors (Lipinski definition) is 1. The molecule has 0 aliphatic heterocycles. The molecule has 0 bridgehead atoms. The first-order valence-corrected chi connectivity index (χ1v) is 10.1. The zero-order valence-corrected chi connectivity index (χ0v) is 16.2. The highest BCUT2D eigenvalue weighted by atomic mass is 32.2. The number of halogens is 3. The quantitative estimate of drug-likeness (QED) is 0.547. The Morgan fingerprint density at radius 2 is 1.79 bits per heavy atom. The molecule has 0 saturated carbocycles. The van der Waals surface area contributed by atoms with E-state index in [1.54, 1.807) is 24.6 Å². The average molecular weight is 423 g/mol. The Bertz CT molecular complexity index is 1320. The number of nitrogens with zero attached hydrogens (tertiary/aromatic N) is 4. The van der Waals surface area contributed by atoms with Crippen LogP contribution in [0.3, 0.4) is 0 Å². The van der Waals surface area contributed by atoms with Gasteiger partial charge in [0, 0.05) is 24.7 Å². The Morgan fingerprint density at radius 3 is 2.41 bits per heavy atom. The van der Waals surface area contributed by atoms with Crippen LogP contribution < -0.4 is 4.72 Å². The molecule has 0 spiro atoms. The van der Waals surface area contributed by atoms with E-state index in [2.05, 4.69) is 15.0 Å². The third kappa shape index (κ3) is 3.15. The Balaban J connectivity index is 1.97. The zero-order valence-electron chi connectivity index (χ0n) is 15.4. The molecule has 152 valence electrons. The van der Waals surface area contributed by atoms with Gasteiger partial charge in [-0.2, -0.15) is 13.2 Å². The summed E-state index contributed by atoms with van der Waals surface area (Å²) in [5, 5.41) is 8.63. The Kier molecular flexibility index (Phi) is 4.39. The molecule has 0 aliphatic rings. The van der Waals surface area contributed by atoms with Crippen molar-refractivity contribution in [2.45, 2.75) is 18.0 Å². The van der Waals surface area contributed by atoms with Gasteiger partial charge in [-0.1, -0.05) is 12.1 Å². The summed E-state index contributed by atoms with van der Waals surface area (Å²) >= 11 is 0. The lowest BCUT2D eigenvalue weighted by Gasteiger charge is -2.11. The van der Waals surface area contributed by atoms with E-state index < -0.39 is 21.8 Å². The summed E-state index contributed by atoms with van der Waals surface area (Å²) in [7, 11) is -2.02. The van der Waals surface area contributed by atoms with Crippen molar-refractivity contribution in [3.05, 3.63) is 48.0 Å². The molecule has 0 aliphatic carbocycles. The molecule has 11 heteroatoms. The number of benzene rings is 2. The fourth-order valence-corrected chi connectivity index (χ4v) is 4.36. The summed E-state index contributed by atoms with van der Waals surface area (Å²) in [6, 6.07) is 9.27. The second kappa shape index (κ2) is 6.56. The molecule has 0 saturated heterocycles. The van der Waals surface area contributed by atoms with Gasteiger partial charge in [-0.3, -0.25) is 4.57 Å². The topological polar surface area (TPSA) is 81.8 Å². The highest BCUT2D eigenvalue weighted by molar-refractivity contribution is 7.89. The summed E-state index contributed by atoms with van der Waals surface area (Å²) in [5.74, 6) is 0. The van der Waals surface area contributed by atoms with Gasteiger partial charge in [-0.15, -0.1) is 5.10 Å². The molecule has 29 heavy (non-hydrogen) atoms. The number of aryl methyl sites for hydroxylation is 1. The lowest BCUT2D eigenvalue weighted by Crippen LogP contribution is -2.23. The van der Waals surface area contributed by atoms with Gasteiger partial charge in [-0.25, -0.2) is 17.8 Å². The van der Waals surface area contributed by atoms with Gasteiger partial charge in [0.2, 0.25) is 10.0 Å². The minimum absolute atomic E-state index is 0.0731. The number of hydrogen-bond acceptors (Lipinski definition) is 4. The molecule has 4 rings (SSSR count). The monoisotopic (exact) mass is 423 g/mol. The average Bonchev–Trinajstić information content (AvgIpc) is 3.19. The maximum Gasteiger partial charge on any atom is 0.416 e. The van der Waals surface area contributed by atoms with Crippen LogP contribution in [0.25, 0.3) is 27.8 Å². The van der Waals surface area contributed by atoms with Crippen LogP contribution >= 0.6 is 0 Å². The smallest absolute Gasteiger partial charge is 0.293 e. The normalized spacial score (nSPS) is 12.9. The molecule has 7 nitrogen and oxygen atoms in total. The first kappa shape index (κ1) is 19.4. The van der Waals surface area contributed by atoms with Crippen LogP contribution in [0, 0.1) is 0 Å². The standard InChI is InChI=1S/C18H16F3N5O2S/c1-3-22-29(27,28)13-8-9-15-14(10-13)16-17(25(2)24-23-16)26(15)12-6-4-11(5-7-12)18(19,20)21/h4-10,22H,3H2,1-2H3. The minimum atomic E-state index is -4.43. The van der Waals surface area contributed by atoms with Crippen molar-refractivity contribution in [3.63, 3.8) is 0 Å². The lowest BCUT2D eigenvalue weighted by atomic mass is 10.2. The predicted molar refractivity (Wildman–Crippen MR) is 101 cm³/mol. The van der Waals surface area contributed by atoms with Gasteiger partial charge >= 0.3 is 6.18 Å². The third-order valence-electron chi connectivity index (χ3n) is 4.57. The van der Waals surface area contributed by atoms with E-state index in [4.69, 9.17) is 0 Å². The largest absolute Gasteiger partial charge is 0.416 e. The van der Waals surface area contributed by atoms with Crippen LogP contribution in [-0.2, 0) is 23.2 Å². The van der Waals surface area contributed by atoms with Gasteiger partial charge in [0.05, 0.1) is 16.0 Å². The van der Waals surface area contributed by atoms with Crippen LogP contribution in [0.15, 0.2) is 47.4 Å². The van der Waals surface area contributed by atoms with E-state index in [1.165, 1.54) is 28.9 Å². The van der Waals surface area contributed by atoms with Crippen molar-refractivity contribution in [1.82, 2.24) is 24.3 Å². The Labute approximate surface area is 163 Å². The maximum atomic E-state index is 12.9. The van der Waals surface area contributed by atoms with Gasteiger partial charge in [0.25, 0.3) is 0 Å². The molecule has 0 unspecified atom stereocenters. The fourth-order valence-electron chi connectivity index (χ4n) is 3.29. The van der Waals surface area contributed by atoms with E-state index in [9.17, 15) is 21.6 Å². The number of alkyl halides is 3. The Hall–Kier alpha value is -2.92. The highest BCUT2D eigenvalue weighted by Gasteiger charge is 2.30. The van der Waals surface area contributed by atoms with Gasteiger partial charge in [0.1, 0.15) is 5.52 Å². The van der Waals surface area contributed by atoms with Gasteiger partial charge in [-0.05, 0) is 42.5 Å². The summed E-state index contributed by atoms with van der Waals surface area (Å²) in [6.45, 7) is 1.92. The van der Waals surface area contributed by atoms with Crippen molar-refractivity contribution in [1.29, 1.82) is 0 Å². The second-order valence-electron chi connectivity index (χ2n) is 6.45. The van der Waals surface area contributed by atoms with Crippen molar-refractivity contribution in [3.8, 4) is 5.69 Å². The van der Waals surface area contributed by atoms with Crippen LogP contribution in [0.4, 0.5) is 13.2 Å². The molecule has 2 aromatic carbocycles. The molecular formula is C18H16F3N5O2S. The first-order valence-electron chi connectivity index (χ1n) is 8.64. The maximum absolute atomic E-state index is 12.9. The molecule has 0 amide bonds. The summed E-state index contributed by atoms with van der Waals surface area (Å²) in [5.41, 5.74) is 1.33. The molecular weight excluding hydrogens is 407 g/mol. The van der Waals surface area contributed by atoms with Crippen LogP contribution in [-0.4, -0.2) is 34.5 Å². The lowest BCUT2D eigenvalue weighted by molar-refractivity contribution is -0.137. The number of sulfonamides is 1. The summed E-state index contributed by atoms with van der Waals surface area (Å²) < 4.78 is 69.1. The highest BCUT2D eigenvalue weighted by Crippen LogP contribution is 2.34. The second-order valence-corrected chi connectivity index (χ2v) is 8.21. The van der Waals surface area contributed by atoms with Crippen molar-refractivity contribution in [2.24, 2.45) is 7.05 Å². The molecule has 2 heterocycles. The number of rotatable bonds is 4. The van der Waals surface area contributed by atoms with Crippen molar-refractivity contribution < 1.29 is 21.6 Å². The first-order chi connectivity index (χ1) is 13.6. The van der Waals surface area contributed by atoms with Crippen molar-refractivity contribution >= 4 is 32.1 Å². The third-order valence-corrected chi connectivity index (χ3v) is 6.11. The fraction of sp³-hybridized carbons (Fsp3) is 0.222. The molecule has 2 aromatic heterocycles. The molecule has 0 fully saturated rings. The predicted octanol–water partition coefficient (Wildman–Crippen LogP) is 3.23. The van der Waals surface area contributed by atoms with E-state index in [1.807, 2.05) is 0 Å². The molecule has 0 atom stereocenters. The van der Waals surface area contributed by atoms with Gasteiger partial charge < -0.3 is 0 Å². The van der Waals surface area contributed by atoms with Crippen LogP contribution in [0.1, 0.15) is 12.5 Å². The van der Waals surface area contributed by atoms with Crippen LogP contribution in [0.5, 0.6) is 0 Å². The number of nitrogens with one attached hydrogen (secondary N) is 1.